The number of alkyl halides is 3. The van der Waals surface area contributed by atoms with Crippen LogP contribution in [0.5, 0.6) is 0 Å². The van der Waals surface area contributed by atoms with Gasteiger partial charge in [-0.3, -0.25) is 0 Å². The second kappa shape index (κ2) is 6.37. The third-order valence-corrected chi connectivity index (χ3v) is 3.45. The monoisotopic (exact) mass is 270 g/mol. The Morgan fingerprint density at radius 1 is 1.41 bits per heavy atom. The molecule has 0 spiro atoms. The van der Waals surface area contributed by atoms with Crippen LogP contribution in [-0.4, -0.2) is 41.8 Å². The van der Waals surface area contributed by atoms with Crippen LogP contribution in [0, 0.1) is 5.92 Å². The highest BCUT2D eigenvalue weighted by Crippen LogP contribution is 2.29. The number of nitrogens with one attached hydrogen (secondary N) is 1. The van der Waals surface area contributed by atoms with E-state index in [2.05, 4.69) is 12.2 Å². The van der Waals surface area contributed by atoms with Crippen molar-refractivity contribution in [3.8, 4) is 0 Å². The van der Waals surface area contributed by atoms with Crippen LogP contribution >= 0.6 is 11.8 Å². The average Bonchev–Trinajstić information content (AvgIpc) is 2.24. The second-order valence-corrected chi connectivity index (χ2v) is 5.36. The van der Waals surface area contributed by atoms with Crippen LogP contribution in [0.15, 0.2) is 0 Å². The Morgan fingerprint density at radius 3 is 2.53 bits per heavy atom. The molecule has 0 aromatic carbocycles. The van der Waals surface area contributed by atoms with Crippen LogP contribution < -0.4 is 5.32 Å². The van der Waals surface area contributed by atoms with Crippen molar-refractivity contribution in [3.05, 3.63) is 0 Å². The molecule has 2 amide bonds. The summed E-state index contributed by atoms with van der Waals surface area (Å²) in [5, 5.41) is 2.51. The zero-order valence-corrected chi connectivity index (χ0v) is 10.5. The Bertz CT molecular complexity index is 252. The van der Waals surface area contributed by atoms with E-state index in [4.69, 9.17) is 0 Å². The van der Waals surface area contributed by atoms with E-state index in [0.29, 0.717) is 19.0 Å². The molecule has 17 heavy (non-hydrogen) atoms. The van der Waals surface area contributed by atoms with Crippen LogP contribution in [0.25, 0.3) is 0 Å². The molecule has 0 radical (unpaired) electrons. The van der Waals surface area contributed by atoms with Gasteiger partial charge < -0.3 is 10.2 Å². The van der Waals surface area contributed by atoms with Crippen molar-refractivity contribution in [1.29, 1.82) is 0 Å². The first kappa shape index (κ1) is 14.5. The predicted octanol–water partition coefficient (Wildman–Crippen LogP) is 2.68. The zero-order valence-electron chi connectivity index (χ0n) is 9.72. The van der Waals surface area contributed by atoms with Gasteiger partial charge in [-0.15, -0.1) is 0 Å². The highest BCUT2D eigenvalue weighted by molar-refractivity contribution is 8.00. The normalized spacial score (nSPS) is 18.2. The molecule has 0 aromatic rings. The van der Waals surface area contributed by atoms with E-state index in [1.165, 1.54) is 0 Å². The van der Waals surface area contributed by atoms with E-state index >= 15 is 0 Å². The number of amides is 2. The standard InChI is InChI=1S/C10H17F3N2OS/c1-8-2-5-15(6-3-8)9(16)14-4-7-17-10(11,12)13/h8H,2-7H2,1H3,(H,14,16). The molecular weight excluding hydrogens is 253 g/mol. The minimum Gasteiger partial charge on any atom is -0.337 e. The predicted molar refractivity (Wildman–Crippen MR) is 61.9 cm³/mol. The summed E-state index contributed by atoms with van der Waals surface area (Å²) in [4.78, 5) is 13.2. The molecule has 7 heteroatoms. The van der Waals surface area contributed by atoms with Gasteiger partial charge >= 0.3 is 11.5 Å². The number of piperidine rings is 1. The maximum Gasteiger partial charge on any atom is 0.441 e. The summed E-state index contributed by atoms with van der Waals surface area (Å²) in [6.45, 7) is 3.57. The molecular formula is C10H17F3N2OS. The molecule has 1 heterocycles. The average molecular weight is 270 g/mol. The van der Waals surface area contributed by atoms with Crippen LogP contribution in [0.3, 0.4) is 0 Å². The van der Waals surface area contributed by atoms with Crippen molar-refractivity contribution in [1.82, 2.24) is 10.2 Å². The number of hydrogen-bond acceptors (Lipinski definition) is 2. The van der Waals surface area contributed by atoms with Gasteiger partial charge in [0.25, 0.3) is 0 Å². The number of urea groups is 1. The first-order chi connectivity index (χ1) is 7.88. The molecule has 0 atom stereocenters. The van der Waals surface area contributed by atoms with Crippen LogP contribution in [0.4, 0.5) is 18.0 Å². The van der Waals surface area contributed by atoms with Crippen molar-refractivity contribution in [3.63, 3.8) is 0 Å². The van der Waals surface area contributed by atoms with Gasteiger partial charge in [-0.1, -0.05) is 6.92 Å². The minimum atomic E-state index is -4.22. The van der Waals surface area contributed by atoms with Crippen LogP contribution in [-0.2, 0) is 0 Å². The van der Waals surface area contributed by atoms with Gasteiger partial charge in [-0.05, 0) is 30.5 Å². The number of thioether (sulfide) groups is 1. The van der Waals surface area contributed by atoms with Gasteiger partial charge in [0.15, 0.2) is 0 Å². The summed E-state index contributed by atoms with van der Waals surface area (Å²) in [6, 6.07) is -0.250. The van der Waals surface area contributed by atoms with Crippen molar-refractivity contribution in [2.75, 3.05) is 25.4 Å². The first-order valence-corrected chi connectivity index (χ1v) is 6.60. The van der Waals surface area contributed by atoms with Gasteiger partial charge in [-0.2, -0.15) is 13.2 Å². The quantitative estimate of drug-likeness (QED) is 0.800. The van der Waals surface area contributed by atoms with Crippen LogP contribution in [0.1, 0.15) is 19.8 Å². The summed E-state index contributed by atoms with van der Waals surface area (Å²) < 4.78 is 35.5. The van der Waals surface area contributed by atoms with E-state index in [9.17, 15) is 18.0 Å². The third-order valence-electron chi connectivity index (χ3n) is 2.71. The van der Waals surface area contributed by atoms with Crippen LogP contribution in [0.2, 0.25) is 0 Å². The molecule has 1 saturated heterocycles. The van der Waals surface area contributed by atoms with Crippen molar-refractivity contribution in [2.45, 2.75) is 25.3 Å². The number of likely N-dealkylation sites (tertiary alicyclic amines) is 1. The lowest BCUT2D eigenvalue weighted by atomic mass is 10.00. The summed E-state index contributed by atoms with van der Waals surface area (Å²) in [5.74, 6) is 0.485. The Hall–Kier alpha value is -0.590. The molecule has 100 valence electrons. The minimum absolute atomic E-state index is 0.0507. The summed E-state index contributed by atoms with van der Waals surface area (Å²) >= 11 is -0.111. The fourth-order valence-corrected chi connectivity index (χ4v) is 2.08. The maximum atomic E-state index is 11.8. The Balaban J connectivity index is 2.13. The third kappa shape index (κ3) is 6.05. The smallest absolute Gasteiger partial charge is 0.337 e. The molecule has 0 unspecified atom stereocenters. The van der Waals surface area contributed by atoms with Gasteiger partial charge in [0.05, 0.1) is 0 Å². The lowest BCUT2D eigenvalue weighted by Gasteiger charge is -2.30. The highest BCUT2D eigenvalue weighted by Gasteiger charge is 2.27. The topological polar surface area (TPSA) is 32.3 Å². The SMILES string of the molecule is CC1CCN(C(=O)NCCSC(F)(F)F)CC1. The first-order valence-electron chi connectivity index (χ1n) is 5.62. The fourth-order valence-electron chi connectivity index (χ4n) is 1.65. The number of hydrogen-bond donors (Lipinski definition) is 1. The Labute approximate surface area is 103 Å². The summed E-state index contributed by atoms with van der Waals surface area (Å²) in [7, 11) is 0. The second-order valence-electron chi connectivity index (χ2n) is 4.20. The Kier molecular flexibility index (Phi) is 5.42. The summed E-state index contributed by atoms with van der Waals surface area (Å²) in [5.41, 5.74) is -4.22. The van der Waals surface area contributed by atoms with Gasteiger partial charge in [0.1, 0.15) is 0 Å². The van der Waals surface area contributed by atoms with Gasteiger partial charge in [0, 0.05) is 25.4 Å². The van der Waals surface area contributed by atoms with Gasteiger partial charge in [-0.25, -0.2) is 4.79 Å². The molecule has 1 aliphatic rings. The van der Waals surface area contributed by atoms with E-state index in [-0.39, 0.29) is 30.1 Å². The number of carbonyl (C=O) groups excluding carboxylic acids is 1. The van der Waals surface area contributed by atoms with Crippen molar-refractivity contribution in [2.24, 2.45) is 5.92 Å². The maximum absolute atomic E-state index is 11.8. The zero-order chi connectivity index (χ0) is 12.9. The molecule has 0 aromatic heterocycles. The van der Waals surface area contributed by atoms with Crippen molar-refractivity contribution < 1.29 is 18.0 Å². The highest BCUT2D eigenvalue weighted by atomic mass is 32.2. The largest absolute Gasteiger partial charge is 0.441 e. The van der Waals surface area contributed by atoms with E-state index in [1.54, 1.807) is 4.90 Å². The summed E-state index contributed by atoms with van der Waals surface area (Å²) in [6.07, 6.45) is 1.93. The molecule has 1 aliphatic heterocycles. The fraction of sp³-hybridized carbons (Fsp3) is 0.900. The molecule has 1 rings (SSSR count). The number of halogens is 3. The van der Waals surface area contributed by atoms with Gasteiger partial charge in [0.2, 0.25) is 0 Å². The lowest BCUT2D eigenvalue weighted by molar-refractivity contribution is -0.0327. The molecule has 0 bridgehead atoms. The van der Waals surface area contributed by atoms with E-state index in [0.717, 1.165) is 12.8 Å². The molecule has 1 fully saturated rings. The van der Waals surface area contributed by atoms with Crippen molar-refractivity contribution >= 4 is 17.8 Å². The number of nitrogens with zero attached hydrogens (tertiary/aromatic N) is 1. The molecule has 0 aliphatic carbocycles. The molecule has 0 saturated carbocycles. The molecule has 1 N–H and O–H groups in total. The number of rotatable bonds is 3. The molecule has 3 nitrogen and oxygen atoms in total. The van der Waals surface area contributed by atoms with E-state index in [1.807, 2.05) is 0 Å². The van der Waals surface area contributed by atoms with E-state index < -0.39 is 5.51 Å². The number of carbonyl (C=O) groups is 1. The Morgan fingerprint density at radius 2 is 2.00 bits per heavy atom. The lowest BCUT2D eigenvalue weighted by Crippen LogP contribution is -2.44.